The summed E-state index contributed by atoms with van der Waals surface area (Å²) in [6.07, 6.45) is 3.99. The van der Waals surface area contributed by atoms with Crippen molar-refractivity contribution in [2.75, 3.05) is 13.1 Å². The molecule has 36 heavy (non-hydrogen) atoms. The number of carbonyl (C=O) groups is 2. The van der Waals surface area contributed by atoms with Crippen molar-refractivity contribution in [1.82, 2.24) is 9.80 Å². The molecule has 1 saturated carbocycles. The van der Waals surface area contributed by atoms with Crippen LogP contribution in [-0.2, 0) is 27.2 Å². The van der Waals surface area contributed by atoms with Gasteiger partial charge < -0.3 is 19.1 Å². The first-order valence-corrected chi connectivity index (χ1v) is 13.2. The zero-order valence-corrected chi connectivity index (χ0v) is 22.0. The van der Waals surface area contributed by atoms with Crippen LogP contribution in [0.5, 0.6) is 0 Å². The summed E-state index contributed by atoms with van der Waals surface area (Å²) in [5.41, 5.74) is 2.58. The van der Waals surface area contributed by atoms with Gasteiger partial charge in [0, 0.05) is 37.7 Å². The van der Waals surface area contributed by atoms with E-state index in [1.54, 1.807) is 0 Å². The maximum absolute atomic E-state index is 13.4. The maximum atomic E-state index is 13.4. The van der Waals surface area contributed by atoms with Gasteiger partial charge in [0.05, 0.1) is 11.2 Å². The Morgan fingerprint density at radius 3 is 2.19 bits per heavy atom. The third kappa shape index (κ3) is 5.09. The van der Waals surface area contributed by atoms with E-state index in [2.05, 4.69) is 12.1 Å². The van der Waals surface area contributed by atoms with Gasteiger partial charge in [-0.3, -0.25) is 9.59 Å². The number of likely N-dealkylation sites (tertiary alicyclic amines) is 1. The van der Waals surface area contributed by atoms with Crippen molar-refractivity contribution < 1.29 is 18.9 Å². The van der Waals surface area contributed by atoms with E-state index in [9.17, 15) is 9.59 Å². The van der Waals surface area contributed by atoms with Crippen LogP contribution in [0, 0.1) is 5.92 Å². The summed E-state index contributed by atoms with van der Waals surface area (Å²) in [6.45, 7) is 10.7. The Morgan fingerprint density at radius 2 is 1.58 bits per heavy atom. The van der Waals surface area contributed by atoms with Crippen LogP contribution < -0.4 is 5.46 Å². The van der Waals surface area contributed by atoms with Gasteiger partial charge in [-0.05, 0) is 82.1 Å². The fourth-order valence-electron chi connectivity index (χ4n) is 4.99. The summed E-state index contributed by atoms with van der Waals surface area (Å²) in [5.74, 6) is 0.329. The van der Waals surface area contributed by atoms with Gasteiger partial charge in [0.2, 0.25) is 5.91 Å². The van der Waals surface area contributed by atoms with E-state index in [0.717, 1.165) is 55.4 Å². The molecule has 0 unspecified atom stereocenters. The lowest BCUT2D eigenvalue weighted by Crippen LogP contribution is -2.41. The average Bonchev–Trinajstić information content (AvgIpc) is 3.50. The highest BCUT2D eigenvalue weighted by molar-refractivity contribution is 6.62. The average molecular weight is 488 g/mol. The first-order chi connectivity index (χ1) is 17.1. The van der Waals surface area contributed by atoms with Crippen molar-refractivity contribution in [3.63, 3.8) is 0 Å². The Bertz CT molecular complexity index is 1110. The van der Waals surface area contributed by atoms with Crippen LogP contribution in [0.1, 0.15) is 74.9 Å². The van der Waals surface area contributed by atoms with Crippen molar-refractivity contribution >= 4 is 24.4 Å². The monoisotopic (exact) mass is 488 g/mol. The first kappa shape index (κ1) is 25.0. The van der Waals surface area contributed by atoms with Crippen molar-refractivity contribution in [3.8, 4) is 0 Å². The standard InChI is InChI=1S/C29H37BN2O4/c1-28(2)29(3,4)36-30(35-28)25-15-14-23(27(34)31-16-8-9-17-31)18-24(25)20-32(26(33)22-12-13-22)19-21-10-6-5-7-11-21/h5-7,10-11,14-15,18,22H,8-9,12-13,16-17,19-20H2,1-4H3. The molecule has 2 amide bonds. The molecule has 0 N–H and O–H groups in total. The van der Waals surface area contributed by atoms with Gasteiger partial charge in [-0.15, -0.1) is 0 Å². The lowest BCUT2D eigenvalue weighted by atomic mass is 9.75. The predicted octanol–water partition coefficient (Wildman–Crippen LogP) is 4.16. The van der Waals surface area contributed by atoms with Crippen LogP contribution >= 0.6 is 0 Å². The van der Waals surface area contributed by atoms with E-state index in [0.29, 0.717) is 18.7 Å². The number of hydrogen-bond donors (Lipinski definition) is 0. The van der Waals surface area contributed by atoms with E-state index in [1.165, 1.54) is 0 Å². The van der Waals surface area contributed by atoms with Gasteiger partial charge in [-0.1, -0.05) is 36.4 Å². The number of nitrogens with zero attached hydrogens (tertiary/aromatic N) is 2. The molecule has 190 valence electrons. The molecular formula is C29H37BN2O4. The highest BCUT2D eigenvalue weighted by Crippen LogP contribution is 2.37. The Balaban J connectivity index is 1.49. The van der Waals surface area contributed by atoms with Gasteiger partial charge in [-0.2, -0.15) is 0 Å². The molecule has 2 aromatic carbocycles. The molecule has 3 fully saturated rings. The third-order valence-corrected chi connectivity index (χ3v) is 8.11. The lowest BCUT2D eigenvalue weighted by Gasteiger charge is -2.32. The minimum absolute atomic E-state index is 0.0531. The molecule has 0 spiro atoms. The quantitative estimate of drug-likeness (QED) is 0.550. The topological polar surface area (TPSA) is 59.1 Å². The Hall–Kier alpha value is -2.64. The second-order valence-electron chi connectivity index (χ2n) is 11.5. The molecule has 0 bridgehead atoms. The molecule has 3 aliphatic rings. The Kier molecular flexibility index (Phi) is 6.73. The highest BCUT2D eigenvalue weighted by Gasteiger charge is 2.52. The SMILES string of the molecule is CC1(C)OB(c2ccc(C(=O)N3CCCC3)cc2CN(Cc2ccccc2)C(=O)C2CC2)OC1(C)C. The molecule has 2 heterocycles. The molecule has 5 rings (SSSR count). The van der Waals surface area contributed by atoms with Crippen LogP contribution in [0.2, 0.25) is 0 Å². The number of carbonyl (C=O) groups excluding carboxylic acids is 2. The molecule has 7 heteroatoms. The van der Waals surface area contributed by atoms with Crippen LogP contribution in [0.15, 0.2) is 48.5 Å². The van der Waals surface area contributed by atoms with Crippen LogP contribution in [-0.4, -0.2) is 53.0 Å². The van der Waals surface area contributed by atoms with E-state index >= 15 is 0 Å². The summed E-state index contributed by atoms with van der Waals surface area (Å²) in [6, 6.07) is 15.9. The second kappa shape index (κ2) is 9.68. The molecule has 2 aromatic rings. The smallest absolute Gasteiger partial charge is 0.399 e. The zero-order chi connectivity index (χ0) is 25.5. The molecule has 6 nitrogen and oxygen atoms in total. The zero-order valence-electron chi connectivity index (χ0n) is 22.0. The number of hydrogen-bond acceptors (Lipinski definition) is 4. The summed E-state index contributed by atoms with van der Waals surface area (Å²) in [4.78, 5) is 30.5. The lowest BCUT2D eigenvalue weighted by molar-refractivity contribution is -0.133. The molecule has 2 saturated heterocycles. The van der Waals surface area contributed by atoms with Gasteiger partial charge in [0.15, 0.2) is 0 Å². The van der Waals surface area contributed by atoms with Crippen molar-refractivity contribution in [2.24, 2.45) is 5.92 Å². The summed E-state index contributed by atoms with van der Waals surface area (Å²) < 4.78 is 12.8. The highest BCUT2D eigenvalue weighted by atomic mass is 16.7. The summed E-state index contributed by atoms with van der Waals surface area (Å²) in [5, 5.41) is 0. The largest absolute Gasteiger partial charge is 0.495 e. The van der Waals surface area contributed by atoms with Gasteiger partial charge in [0.25, 0.3) is 5.91 Å². The van der Waals surface area contributed by atoms with E-state index in [1.807, 2.05) is 73.9 Å². The number of benzene rings is 2. The normalized spacial score (nSPS) is 20.6. The molecule has 1 aliphatic carbocycles. The van der Waals surface area contributed by atoms with Gasteiger partial charge in [0.1, 0.15) is 0 Å². The van der Waals surface area contributed by atoms with Crippen LogP contribution in [0.3, 0.4) is 0 Å². The van der Waals surface area contributed by atoms with Crippen molar-refractivity contribution in [3.05, 3.63) is 65.2 Å². The molecule has 0 atom stereocenters. The van der Waals surface area contributed by atoms with Crippen molar-refractivity contribution in [1.29, 1.82) is 0 Å². The van der Waals surface area contributed by atoms with Crippen LogP contribution in [0.4, 0.5) is 0 Å². The number of amides is 2. The van der Waals surface area contributed by atoms with E-state index in [4.69, 9.17) is 9.31 Å². The minimum Gasteiger partial charge on any atom is -0.399 e. The van der Waals surface area contributed by atoms with E-state index in [-0.39, 0.29) is 17.7 Å². The van der Waals surface area contributed by atoms with Crippen LogP contribution in [0.25, 0.3) is 0 Å². The fourth-order valence-corrected chi connectivity index (χ4v) is 4.99. The maximum Gasteiger partial charge on any atom is 0.495 e. The molecular weight excluding hydrogens is 451 g/mol. The van der Waals surface area contributed by atoms with E-state index < -0.39 is 18.3 Å². The second-order valence-corrected chi connectivity index (χ2v) is 11.5. The molecule has 0 radical (unpaired) electrons. The van der Waals surface area contributed by atoms with Crippen molar-refractivity contribution in [2.45, 2.75) is 77.7 Å². The molecule has 2 aliphatic heterocycles. The Morgan fingerprint density at radius 1 is 0.944 bits per heavy atom. The van der Waals surface area contributed by atoms with Gasteiger partial charge >= 0.3 is 7.12 Å². The predicted molar refractivity (Wildman–Crippen MR) is 141 cm³/mol. The first-order valence-electron chi connectivity index (χ1n) is 13.2. The van der Waals surface area contributed by atoms with Gasteiger partial charge in [-0.25, -0.2) is 0 Å². The third-order valence-electron chi connectivity index (χ3n) is 8.11. The molecule has 0 aromatic heterocycles. The summed E-state index contributed by atoms with van der Waals surface area (Å²) in [7, 11) is -0.560. The fraction of sp³-hybridized carbons (Fsp3) is 0.517. The minimum atomic E-state index is -0.560. The summed E-state index contributed by atoms with van der Waals surface area (Å²) >= 11 is 0. The number of rotatable bonds is 7. The Labute approximate surface area is 215 Å².